The van der Waals surface area contributed by atoms with Crippen molar-refractivity contribution in [1.82, 2.24) is 0 Å². The van der Waals surface area contributed by atoms with Crippen molar-refractivity contribution in [1.29, 1.82) is 0 Å². The molecule has 1 aromatic carbocycles. The molecule has 1 rings (SSSR count). The molecule has 0 aromatic heterocycles. The number of aryl methyl sites for hydroxylation is 1. The van der Waals surface area contributed by atoms with Crippen molar-refractivity contribution >= 4 is 11.6 Å². The number of phenolic OH excluding ortho intramolecular Hbond substituents is 1. The molecular formula is C24H32O3. The lowest BCUT2D eigenvalue weighted by Crippen LogP contribution is -2.22. The minimum absolute atomic E-state index is 0.00564. The fourth-order valence-corrected chi connectivity index (χ4v) is 3.06. The van der Waals surface area contributed by atoms with Crippen LogP contribution in [0, 0.1) is 12.3 Å². The van der Waals surface area contributed by atoms with Crippen LogP contribution < -0.4 is 0 Å². The number of carbonyl (C=O) groups excluding carboxylic acids is 2. The van der Waals surface area contributed by atoms with Gasteiger partial charge in [0.1, 0.15) is 5.75 Å². The van der Waals surface area contributed by atoms with E-state index < -0.39 is 5.41 Å². The van der Waals surface area contributed by atoms with E-state index in [4.69, 9.17) is 0 Å². The molecule has 0 amide bonds. The summed E-state index contributed by atoms with van der Waals surface area (Å²) < 4.78 is 0. The van der Waals surface area contributed by atoms with Gasteiger partial charge in [0.15, 0.2) is 11.6 Å². The summed E-state index contributed by atoms with van der Waals surface area (Å²) in [6.07, 6.45) is 7.61. The monoisotopic (exact) mass is 368 g/mol. The summed E-state index contributed by atoms with van der Waals surface area (Å²) >= 11 is 0. The number of allylic oxidation sites excluding steroid dienone is 5. The summed E-state index contributed by atoms with van der Waals surface area (Å²) in [5, 5.41) is 10.0. The maximum Gasteiger partial charge on any atom is 0.167 e. The third-order valence-corrected chi connectivity index (χ3v) is 4.66. The van der Waals surface area contributed by atoms with Gasteiger partial charge in [-0.25, -0.2) is 0 Å². The lowest BCUT2D eigenvalue weighted by molar-refractivity contribution is -0.116. The molecule has 0 radical (unpaired) electrons. The minimum atomic E-state index is -0.653. The number of ketones is 2. The number of phenols is 1. The Labute approximate surface area is 163 Å². The Kier molecular flexibility index (Phi) is 8.42. The van der Waals surface area contributed by atoms with E-state index in [-0.39, 0.29) is 30.2 Å². The fourth-order valence-electron chi connectivity index (χ4n) is 3.06. The third kappa shape index (κ3) is 7.38. The van der Waals surface area contributed by atoms with Crippen LogP contribution in [0.25, 0.3) is 0 Å². The molecular weight excluding hydrogens is 336 g/mol. The van der Waals surface area contributed by atoms with E-state index in [0.717, 1.165) is 24.0 Å². The second-order valence-corrected chi connectivity index (χ2v) is 7.88. The van der Waals surface area contributed by atoms with Gasteiger partial charge >= 0.3 is 0 Å². The maximum absolute atomic E-state index is 12.7. The number of benzene rings is 1. The van der Waals surface area contributed by atoms with Gasteiger partial charge in [-0.3, -0.25) is 9.59 Å². The van der Waals surface area contributed by atoms with Gasteiger partial charge < -0.3 is 5.11 Å². The van der Waals surface area contributed by atoms with Gasteiger partial charge in [0.05, 0.1) is 5.56 Å². The summed E-state index contributed by atoms with van der Waals surface area (Å²) in [6, 6.07) is 5.01. The van der Waals surface area contributed by atoms with Crippen molar-refractivity contribution in [3.8, 4) is 5.75 Å². The molecule has 3 heteroatoms. The Morgan fingerprint density at radius 1 is 1.19 bits per heavy atom. The number of hydrogen-bond acceptors (Lipinski definition) is 3. The van der Waals surface area contributed by atoms with Gasteiger partial charge in [-0.15, -0.1) is 6.58 Å². The van der Waals surface area contributed by atoms with Crippen molar-refractivity contribution in [2.75, 3.05) is 0 Å². The lowest BCUT2D eigenvalue weighted by atomic mass is 9.78. The van der Waals surface area contributed by atoms with Crippen molar-refractivity contribution in [2.24, 2.45) is 5.41 Å². The molecule has 1 atom stereocenters. The van der Waals surface area contributed by atoms with Crippen molar-refractivity contribution in [3.05, 3.63) is 65.3 Å². The second kappa shape index (κ2) is 10.1. The predicted octanol–water partition coefficient (Wildman–Crippen LogP) is 6.12. The van der Waals surface area contributed by atoms with E-state index in [9.17, 15) is 14.7 Å². The average molecular weight is 369 g/mol. The molecule has 0 saturated heterocycles. The zero-order valence-electron chi connectivity index (χ0n) is 17.3. The third-order valence-electron chi connectivity index (χ3n) is 4.66. The predicted molar refractivity (Wildman–Crippen MR) is 112 cm³/mol. The molecule has 0 aliphatic rings. The minimum Gasteiger partial charge on any atom is -0.507 e. The first-order chi connectivity index (χ1) is 12.6. The summed E-state index contributed by atoms with van der Waals surface area (Å²) in [4.78, 5) is 25.2. The Balaban J connectivity index is 2.83. The van der Waals surface area contributed by atoms with Crippen LogP contribution in [-0.2, 0) is 4.79 Å². The number of rotatable bonds is 10. The van der Waals surface area contributed by atoms with Crippen molar-refractivity contribution < 1.29 is 14.7 Å². The smallest absolute Gasteiger partial charge is 0.167 e. The summed E-state index contributed by atoms with van der Waals surface area (Å²) in [5.74, 6) is -0.202. The Morgan fingerprint density at radius 3 is 2.41 bits per heavy atom. The van der Waals surface area contributed by atoms with Crippen LogP contribution in [0.1, 0.15) is 69.3 Å². The van der Waals surface area contributed by atoms with E-state index in [1.54, 1.807) is 31.2 Å². The molecule has 0 unspecified atom stereocenters. The number of Topliss-reactive ketones (excluding diaryl/α,β-unsaturated/α-hetero) is 1. The quantitative estimate of drug-likeness (QED) is 0.307. The maximum atomic E-state index is 12.7. The Hall–Kier alpha value is -2.42. The summed E-state index contributed by atoms with van der Waals surface area (Å²) in [5.41, 5.74) is 2.71. The molecule has 27 heavy (non-hydrogen) atoms. The average Bonchev–Trinajstić information content (AvgIpc) is 2.53. The molecule has 0 aliphatic carbocycles. The first kappa shape index (κ1) is 22.6. The van der Waals surface area contributed by atoms with Crippen molar-refractivity contribution in [2.45, 2.75) is 60.3 Å². The first-order valence-electron chi connectivity index (χ1n) is 9.36. The first-order valence-corrected chi connectivity index (χ1v) is 9.36. The van der Waals surface area contributed by atoms with Crippen LogP contribution >= 0.6 is 0 Å². The lowest BCUT2D eigenvalue weighted by Gasteiger charge is -2.24. The van der Waals surface area contributed by atoms with Gasteiger partial charge in [-0.05, 0) is 63.7 Å². The molecule has 3 nitrogen and oxygen atoms in total. The Bertz CT molecular complexity index is 744. The van der Waals surface area contributed by atoms with Crippen molar-refractivity contribution in [3.63, 3.8) is 0 Å². The Morgan fingerprint density at radius 2 is 1.85 bits per heavy atom. The normalized spacial score (nSPS) is 13.6. The molecule has 0 bridgehead atoms. The number of aromatic hydroxyl groups is 1. The van der Waals surface area contributed by atoms with E-state index in [0.29, 0.717) is 5.56 Å². The van der Waals surface area contributed by atoms with E-state index >= 15 is 0 Å². The summed E-state index contributed by atoms with van der Waals surface area (Å²) in [6.45, 7) is 13.6. The zero-order valence-corrected chi connectivity index (χ0v) is 17.3. The van der Waals surface area contributed by atoms with E-state index in [1.165, 1.54) is 11.6 Å². The van der Waals surface area contributed by atoms with Gasteiger partial charge in [0.2, 0.25) is 0 Å². The highest BCUT2D eigenvalue weighted by Crippen LogP contribution is 2.32. The second-order valence-electron chi connectivity index (χ2n) is 7.88. The van der Waals surface area contributed by atoms with E-state index in [2.05, 4.69) is 26.5 Å². The molecule has 1 aromatic rings. The van der Waals surface area contributed by atoms with Gasteiger partial charge in [0.25, 0.3) is 0 Å². The molecule has 0 saturated carbocycles. The highest BCUT2D eigenvalue weighted by Gasteiger charge is 2.28. The molecule has 0 heterocycles. The molecule has 0 fully saturated rings. The van der Waals surface area contributed by atoms with Crippen LogP contribution in [0.4, 0.5) is 0 Å². The molecule has 0 aliphatic heterocycles. The largest absolute Gasteiger partial charge is 0.507 e. The zero-order chi connectivity index (χ0) is 20.6. The van der Waals surface area contributed by atoms with Gasteiger partial charge in [-0.2, -0.15) is 0 Å². The number of carbonyl (C=O) groups is 2. The van der Waals surface area contributed by atoms with Crippen LogP contribution in [0.15, 0.2) is 54.2 Å². The van der Waals surface area contributed by atoms with Crippen LogP contribution in [0.2, 0.25) is 0 Å². The highest BCUT2D eigenvalue weighted by atomic mass is 16.3. The topological polar surface area (TPSA) is 54.4 Å². The number of hydrogen-bond donors (Lipinski definition) is 1. The summed E-state index contributed by atoms with van der Waals surface area (Å²) in [7, 11) is 0. The highest BCUT2D eigenvalue weighted by molar-refractivity contribution is 6.01. The van der Waals surface area contributed by atoms with Crippen LogP contribution in [-0.4, -0.2) is 16.7 Å². The fraction of sp³-hybridized carbons (Fsp3) is 0.417. The standard InChI is InChI=1S/C24H32O3/c1-7-24(6,15-20(25)14-18(4)11-8-10-17(2)3)16-22(27)23-19(5)12-9-13-21(23)26/h7,9-10,12-14,26H,1,8,11,15-16H2,2-6H3/t24-/m1/s1. The van der Waals surface area contributed by atoms with Gasteiger partial charge in [-0.1, -0.05) is 42.4 Å². The molecule has 0 spiro atoms. The molecule has 146 valence electrons. The van der Waals surface area contributed by atoms with Crippen LogP contribution in [0.5, 0.6) is 5.75 Å². The van der Waals surface area contributed by atoms with Crippen LogP contribution in [0.3, 0.4) is 0 Å². The SMILES string of the molecule is C=C[C@](C)(CC(=O)C=C(C)CCC=C(C)C)CC(=O)c1c(C)cccc1O. The van der Waals surface area contributed by atoms with E-state index in [1.807, 2.05) is 13.8 Å². The van der Waals surface area contributed by atoms with Gasteiger partial charge in [0, 0.05) is 12.8 Å². The molecule has 1 N–H and O–H groups in total.